The molecule has 3 rings (SSSR count). The van der Waals surface area contributed by atoms with E-state index in [0.29, 0.717) is 19.0 Å². The average molecular weight is 448 g/mol. The Balaban J connectivity index is 1.70. The average Bonchev–Trinajstić information content (AvgIpc) is 3.23. The smallest absolute Gasteiger partial charge is 0.216 e. The van der Waals surface area contributed by atoms with Crippen LogP contribution in [0.3, 0.4) is 0 Å². The van der Waals surface area contributed by atoms with E-state index in [1.165, 1.54) is 5.56 Å². The molecule has 0 radical (unpaired) electrons. The fourth-order valence-corrected chi connectivity index (χ4v) is 3.67. The Hall–Kier alpha value is -2.09. The van der Waals surface area contributed by atoms with Gasteiger partial charge in [-0.1, -0.05) is 44.5 Å². The van der Waals surface area contributed by atoms with Gasteiger partial charge in [-0.25, -0.2) is 9.98 Å². The summed E-state index contributed by atoms with van der Waals surface area (Å²) in [6.45, 7) is 13.5. The third-order valence-electron chi connectivity index (χ3n) is 5.19. The highest BCUT2D eigenvalue weighted by atomic mass is 35.5. The number of ether oxygens (including phenoxy) is 1. The van der Waals surface area contributed by atoms with E-state index in [9.17, 15) is 0 Å². The molecule has 7 nitrogen and oxygen atoms in total. The summed E-state index contributed by atoms with van der Waals surface area (Å²) in [4.78, 5) is 11.5. The minimum absolute atomic E-state index is 0.0694. The van der Waals surface area contributed by atoms with E-state index in [1.54, 1.807) is 6.20 Å². The van der Waals surface area contributed by atoms with Crippen molar-refractivity contribution in [2.75, 3.05) is 39.4 Å². The highest BCUT2D eigenvalue weighted by Gasteiger charge is 2.23. The van der Waals surface area contributed by atoms with Crippen LogP contribution >= 0.6 is 11.6 Å². The predicted octanol–water partition coefficient (Wildman–Crippen LogP) is 3.75. The molecule has 0 saturated carbocycles. The molecule has 1 fully saturated rings. The molecule has 1 aromatic heterocycles. The normalized spacial score (nSPS) is 16.9. The zero-order chi connectivity index (χ0) is 22.3. The number of guanidine groups is 1. The molecule has 1 unspecified atom stereocenters. The Morgan fingerprint density at radius 3 is 2.68 bits per heavy atom. The van der Waals surface area contributed by atoms with E-state index in [1.807, 2.05) is 18.2 Å². The Bertz CT molecular complexity index is 856. The lowest BCUT2D eigenvalue weighted by molar-refractivity contribution is 0.0170. The molecule has 2 N–H and O–H groups in total. The summed E-state index contributed by atoms with van der Waals surface area (Å²) in [5.74, 6) is 2.21. The predicted molar refractivity (Wildman–Crippen MR) is 125 cm³/mol. The molecule has 0 aliphatic carbocycles. The maximum atomic E-state index is 6.27. The first kappa shape index (κ1) is 23.6. The molecule has 2 aromatic rings. The van der Waals surface area contributed by atoms with Crippen LogP contribution in [0.15, 0.2) is 39.9 Å². The van der Waals surface area contributed by atoms with Crippen LogP contribution in [0.5, 0.6) is 0 Å². The van der Waals surface area contributed by atoms with Crippen LogP contribution in [0.4, 0.5) is 0 Å². The van der Waals surface area contributed by atoms with E-state index in [-0.39, 0.29) is 11.5 Å². The molecule has 1 atom stereocenters. The molecule has 0 spiro atoms. The molecular formula is C23H34ClN5O2. The first-order valence-electron chi connectivity index (χ1n) is 10.9. The minimum atomic E-state index is -0.0694. The second-order valence-electron chi connectivity index (χ2n) is 8.66. The molecule has 170 valence electrons. The molecule has 2 heterocycles. The lowest BCUT2D eigenvalue weighted by Gasteiger charge is -2.35. The first-order valence-corrected chi connectivity index (χ1v) is 11.3. The van der Waals surface area contributed by atoms with Gasteiger partial charge in [-0.15, -0.1) is 0 Å². The fraction of sp³-hybridized carbons (Fsp3) is 0.565. The van der Waals surface area contributed by atoms with Crippen LogP contribution in [0, 0.1) is 0 Å². The highest BCUT2D eigenvalue weighted by Crippen LogP contribution is 2.24. The number of nitrogens with one attached hydrogen (secondary N) is 2. The van der Waals surface area contributed by atoms with E-state index < -0.39 is 0 Å². The summed E-state index contributed by atoms with van der Waals surface area (Å²) in [6, 6.07) is 8.23. The van der Waals surface area contributed by atoms with Crippen LogP contribution in [0.25, 0.3) is 0 Å². The van der Waals surface area contributed by atoms with Crippen LogP contribution in [0.2, 0.25) is 5.02 Å². The number of oxazole rings is 1. The number of nitrogens with zero attached hydrogens (tertiary/aromatic N) is 3. The van der Waals surface area contributed by atoms with E-state index in [2.05, 4.69) is 59.3 Å². The summed E-state index contributed by atoms with van der Waals surface area (Å²) in [5, 5.41) is 7.54. The SMILES string of the molecule is CCNC(=NCc1ncc(C(C)(C)C)o1)NCC(c1cccc(Cl)c1)N1CCOCC1. The van der Waals surface area contributed by atoms with Gasteiger partial charge >= 0.3 is 0 Å². The van der Waals surface area contributed by atoms with Crippen molar-refractivity contribution < 1.29 is 9.15 Å². The summed E-state index contributed by atoms with van der Waals surface area (Å²) in [7, 11) is 0. The summed E-state index contributed by atoms with van der Waals surface area (Å²) in [5.41, 5.74) is 1.11. The van der Waals surface area contributed by atoms with Gasteiger partial charge < -0.3 is 19.8 Å². The van der Waals surface area contributed by atoms with Gasteiger partial charge in [-0.05, 0) is 24.6 Å². The van der Waals surface area contributed by atoms with Crippen LogP contribution in [0.1, 0.15) is 51.0 Å². The van der Waals surface area contributed by atoms with Gasteiger partial charge in [0.2, 0.25) is 5.89 Å². The number of morpholine rings is 1. The molecule has 0 bridgehead atoms. The summed E-state index contributed by atoms with van der Waals surface area (Å²) < 4.78 is 11.4. The number of benzene rings is 1. The van der Waals surface area contributed by atoms with Crippen molar-refractivity contribution in [2.24, 2.45) is 4.99 Å². The topological polar surface area (TPSA) is 74.9 Å². The number of aromatic nitrogens is 1. The first-order chi connectivity index (χ1) is 14.9. The van der Waals surface area contributed by atoms with Gasteiger partial charge in [0.05, 0.1) is 25.5 Å². The van der Waals surface area contributed by atoms with Crippen molar-refractivity contribution in [3.8, 4) is 0 Å². The monoisotopic (exact) mass is 447 g/mol. The van der Waals surface area contributed by atoms with Gasteiger partial charge in [-0.3, -0.25) is 4.90 Å². The van der Waals surface area contributed by atoms with Gasteiger partial charge in [0.1, 0.15) is 12.3 Å². The van der Waals surface area contributed by atoms with Crippen molar-refractivity contribution in [1.82, 2.24) is 20.5 Å². The number of aliphatic imine (C=N–C) groups is 1. The Labute approximate surface area is 190 Å². The number of hydrogen-bond donors (Lipinski definition) is 2. The van der Waals surface area contributed by atoms with E-state index in [4.69, 9.17) is 20.8 Å². The molecule has 1 aliphatic rings. The fourth-order valence-electron chi connectivity index (χ4n) is 3.47. The highest BCUT2D eigenvalue weighted by molar-refractivity contribution is 6.30. The molecule has 1 aliphatic heterocycles. The molecule has 8 heteroatoms. The Kier molecular flexibility index (Phi) is 8.35. The van der Waals surface area contributed by atoms with Crippen LogP contribution in [-0.2, 0) is 16.7 Å². The number of hydrogen-bond acceptors (Lipinski definition) is 5. The van der Waals surface area contributed by atoms with Gasteiger partial charge in [0.15, 0.2) is 5.96 Å². The second-order valence-corrected chi connectivity index (χ2v) is 9.10. The molecule has 31 heavy (non-hydrogen) atoms. The van der Waals surface area contributed by atoms with E-state index >= 15 is 0 Å². The standard InChI is InChI=1S/C23H34ClN5O2/c1-5-25-22(28-16-21-26-15-20(31-21)23(2,3)4)27-14-19(29-9-11-30-12-10-29)17-7-6-8-18(24)13-17/h6-8,13,15,19H,5,9-12,14,16H2,1-4H3,(H2,25,27,28). The Morgan fingerprint density at radius 2 is 2.03 bits per heavy atom. The van der Waals surface area contributed by atoms with Crippen molar-refractivity contribution in [2.45, 2.75) is 45.7 Å². The van der Waals surface area contributed by atoms with Crippen molar-refractivity contribution in [3.05, 3.63) is 52.7 Å². The van der Waals surface area contributed by atoms with Gasteiger partial charge in [-0.2, -0.15) is 0 Å². The number of halogens is 1. The summed E-state index contributed by atoms with van der Waals surface area (Å²) in [6.07, 6.45) is 1.79. The zero-order valence-electron chi connectivity index (χ0n) is 18.9. The van der Waals surface area contributed by atoms with E-state index in [0.717, 1.165) is 49.6 Å². The summed E-state index contributed by atoms with van der Waals surface area (Å²) >= 11 is 6.27. The van der Waals surface area contributed by atoms with Gasteiger partial charge in [0.25, 0.3) is 0 Å². The Morgan fingerprint density at radius 1 is 1.26 bits per heavy atom. The second kappa shape index (κ2) is 11.0. The third-order valence-corrected chi connectivity index (χ3v) is 5.43. The maximum absolute atomic E-state index is 6.27. The van der Waals surface area contributed by atoms with Gasteiger partial charge in [0, 0.05) is 36.6 Å². The van der Waals surface area contributed by atoms with Crippen molar-refractivity contribution in [3.63, 3.8) is 0 Å². The maximum Gasteiger partial charge on any atom is 0.216 e. The lowest BCUT2D eigenvalue weighted by Crippen LogP contribution is -2.46. The van der Waals surface area contributed by atoms with Crippen molar-refractivity contribution in [1.29, 1.82) is 0 Å². The lowest BCUT2D eigenvalue weighted by atomic mass is 9.94. The van der Waals surface area contributed by atoms with Crippen molar-refractivity contribution >= 4 is 17.6 Å². The number of rotatable bonds is 7. The largest absolute Gasteiger partial charge is 0.443 e. The zero-order valence-corrected chi connectivity index (χ0v) is 19.7. The molecule has 1 saturated heterocycles. The quantitative estimate of drug-likeness (QED) is 0.497. The molecular weight excluding hydrogens is 414 g/mol. The molecule has 0 amide bonds. The van der Waals surface area contributed by atoms with Crippen LogP contribution in [-0.4, -0.2) is 55.2 Å². The molecule has 1 aromatic carbocycles. The third kappa shape index (κ3) is 6.95. The van der Waals surface area contributed by atoms with Crippen LogP contribution < -0.4 is 10.6 Å². The minimum Gasteiger partial charge on any atom is -0.443 e.